The van der Waals surface area contributed by atoms with Gasteiger partial charge in [-0.05, 0) is 39.0 Å². The average molecular weight is 309 g/mol. The highest BCUT2D eigenvalue weighted by molar-refractivity contribution is 5.60. The van der Waals surface area contributed by atoms with Gasteiger partial charge in [-0.1, -0.05) is 30.3 Å². The number of anilines is 1. The Morgan fingerprint density at radius 3 is 2.65 bits per heavy atom. The molecule has 1 aromatic carbocycles. The number of nitrogens with one attached hydrogen (secondary N) is 3. The van der Waals surface area contributed by atoms with E-state index in [0.29, 0.717) is 6.04 Å². The van der Waals surface area contributed by atoms with Crippen molar-refractivity contribution in [3.8, 4) is 11.4 Å². The summed E-state index contributed by atoms with van der Waals surface area (Å²) in [5, 5.41) is 3.58. The van der Waals surface area contributed by atoms with Gasteiger partial charge < -0.3 is 5.32 Å². The van der Waals surface area contributed by atoms with Gasteiger partial charge in [0.05, 0.1) is 6.17 Å². The lowest BCUT2D eigenvalue weighted by molar-refractivity contribution is 0.570. The molecule has 120 valence electrons. The maximum Gasteiger partial charge on any atom is 0.161 e. The van der Waals surface area contributed by atoms with Crippen LogP contribution in [0, 0.1) is 0 Å². The molecule has 2 aromatic rings. The first-order valence-electron chi connectivity index (χ1n) is 8.52. The maximum absolute atomic E-state index is 4.85. The summed E-state index contributed by atoms with van der Waals surface area (Å²) >= 11 is 0. The monoisotopic (exact) mass is 309 g/mol. The van der Waals surface area contributed by atoms with E-state index in [1.165, 1.54) is 24.1 Å². The van der Waals surface area contributed by atoms with Crippen molar-refractivity contribution >= 4 is 5.82 Å². The van der Waals surface area contributed by atoms with Crippen LogP contribution in [0.5, 0.6) is 0 Å². The van der Waals surface area contributed by atoms with E-state index >= 15 is 0 Å². The number of rotatable bonds is 3. The molecule has 0 spiro atoms. The highest BCUT2D eigenvalue weighted by Gasteiger charge is 2.24. The number of benzene rings is 1. The molecule has 2 heterocycles. The van der Waals surface area contributed by atoms with Gasteiger partial charge in [0, 0.05) is 22.9 Å². The van der Waals surface area contributed by atoms with Crippen molar-refractivity contribution < 1.29 is 0 Å². The summed E-state index contributed by atoms with van der Waals surface area (Å²) < 4.78 is 0. The zero-order valence-electron chi connectivity index (χ0n) is 13.5. The number of hydrogen-bond acceptors (Lipinski definition) is 5. The molecule has 2 aliphatic rings. The fourth-order valence-electron chi connectivity index (χ4n) is 3.40. The van der Waals surface area contributed by atoms with Gasteiger partial charge >= 0.3 is 0 Å². The van der Waals surface area contributed by atoms with Crippen molar-refractivity contribution in [3.63, 3.8) is 0 Å². The smallest absolute Gasteiger partial charge is 0.161 e. The van der Waals surface area contributed by atoms with Gasteiger partial charge in [-0.15, -0.1) is 0 Å². The van der Waals surface area contributed by atoms with Gasteiger partial charge in [-0.3, -0.25) is 5.43 Å². The number of hydrogen-bond donors (Lipinski definition) is 3. The summed E-state index contributed by atoms with van der Waals surface area (Å²) in [6.45, 7) is 2.18. The van der Waals surface area contributed by atoms with E-state index in [0.717, 1.165) is 36.5 Å². The Balaban J connectivity index is 1.70. The Hall–Kier alpha value is -1.98. The normalized spacial score (nSPS) is 23.5. The predicted molar refractivity (Wildman–Crippen MR) is 91.9 cm³/mol. The molecule has 2 atom stereocenters. The molecular weight excluding hydrogens is 286 g/mol. The Labute approximate surface area is 136 Å². The molecule has 1 aliphatic carbocycles. The van der Waals surface area contributed by atoms with E-state index in [4.69, 9.17) is 9.97 Å². The zero-order valence-corrected chi connectivity index (χ0v) is 13.5. The Morgan fingerprint density at radius 1 is 1.04 bits per heavy atom. The molecule has 4 rings (SSSR count). The molecule has 23 heavy (non-hydrogen) atoms. The molecule has 0 bridgehead atoms. The number of hydrazine groups is 1. The van der Waals surface area contributed by atoms with Crippen LogP contribution in [0.2, 0.25) is 0 Å². The summed E-state index contributed by atoms with van der Waals surface area (Å²) in [5.41, 5.74) is 10.2. The number of fused-ring (bicyclic) bond motifs is 1. The van der Waals surface area contributed by atoms with E-state index in [1.807, 2.05) is 18.2 Å². The molecule has 5 nitrogen and oxygen atoms in total. The fourth-order valence-corrected chi connectivity index (χ4v) is 3.40. The molecule has 0 saturated carbocycles. The van der Waals surface area contributed by atoms with Crippen molar-refractivity contribution in [3.05, 3.63) is 41.6 Å². The quantitative estimate of drug-likeness (QED) is 0.813. The summed E-state index contributed by atoms with van der Waals surface area (Å²) in [6, 6.07) is 10.7. The lowest BCUT2D eigenvalue weighted by Crippen LogP contribution is -2.37. The number of aromatic nitrogens is 2. The Morgan fingerprint density at radius 2 is 1.87 bits per heavy atom. The topological polar surface area (TPSA) is 61.9 Å². The maximum atomic E-state index is 4.85. The van der Waals surface area contributed by atoms with Crippen molar-refractivity contribution in [2.45, 2.75) is 51.2 Å². The number of aryl methyl sites for hydroxylation is 1. The van der Waals surface area contributed by atoms with Gasteiger partial charge in [0.1, 0.15) is 5.82 Å². The van der Waals surface area contributed by atoms with Crippen molar-refractivity contribution in [2.75, 3.05) is 5.32 Å². The number of nitrogens with zero attached hydrogens (tertiary/aromatic N) is 2. The second kappa shape index (κ2) is 6.26. The van der Waals surface area contributed by atoms with Crippen LogP contribution in [-0.4, -0.2) is 22.2 Å². The second-order valence-corrected chi connectivity index (χ2v) is 6.52. The van der Waals surface area contributed by atoms with Crippen LogP contribution in [0.25, 0.3) is 11.4 Å². The molecule has 0 amide bonds. The van der Waals surface area contributed by atoms with E-state index in [2.05, 4.69) is 35.2 Å². The van der Waals surface area contributed by atoms with Gasteiger partial charge in [-0.2, -0.15) is 0 Å². The summed E-state index contributed by atoms with van der Waals surface area (Å²) in [5.74, 6) is 1.83. The summed E-state index contributed by atoms with van der Waals surface area (Å²) in [6.07, 6.45) is 5.83. The molecular formula is C18H23N5. The van der Waals surface area contributed by atoms with E-state index < -0.39 is 0 Å². The van der Waals surface area contributed by atoms with Gasteiger partial charge in [-0.25, -0.2) is 15.4 Å². The van der Waals surface area contributed by atoms with Crippen LogP contribution in [0.1, 0.15) is 37.4 Å². The van der Waals surface area contributed by atoms with E-state index in [1.54, 1.807) is 0 Å². The third kappa shape index (κ3) is 3.07. The minimum absolute atomic E-state index is 0.217. The summed E-state index contributed by atoms with van der Waals surface area (Å²) in [7, 11) is 0. The van der Waals surface area contributed by atoms with Crippen LogP contribution in [-0.2, 0) is 12.8 Å². The van der Waals surface area contributed by atoms with Crippen LogP contribution in [0.4, 0.5) is 5.82 Å². The first-order valence-corrected chi connectivity index (χ1v) is 8.52. The SMILES string of the molecule is CC1CC(Nc2nc(-c3ccccc3)nc3c2CCCC3)NN1. The fraction of sp³-hybridized carbons (Fsp3) is 0.444. The minimum Gasteiger partial charge on any atom is -0.353 e. The predicted octanol–water partition coefficient (Wildman–Crippen LogP) is 2.65. The zero-order chi connectivity index (χ0) is 15.6. The lowest BCUT2D eigenvalue weighted by Gasteiger charge is -2.22. The molecule has 0 radical (unpaired) electrons. The largest absolute Gasteiger partial charge is 0.353 e. The first-order chi connectivity index (χ1) is 11.3. The van der Waals surface area contributed by atoms with Crippen LogP contribution in [0.3, 0.4) is 0 Å². The molecule has 1 fully saturated rings. The highest BCUT2D eigenvalue weighted by atomic mass is 15.5. The van der Waals surface area contributed by atoms with Gasteiger partial charge in [0.25, 0.3) is 0 Å². The van der Waals surface area contributed by atoms with E-state index in [-0.39, 0.29) is 6.17 Å². The first kappa shape index (κ1) is 14.6. The lowest BCUT2D eigenvalue weighted by atomic mass is 9.96. The minimum atomic E-state index is 0.217. The molecule has 1 aliphatic heterocycles. The van der Waals surface area contributed by atoms with Gasteiger partial charge in [0.2, 0.25) is 0 Å². The second-order valence-electron chi connectivity index (χ2n) is 6.52. The molecule has 3 N–H and O–H groups in total. The molecule has 2 unspecified atom stereocenters. The molecule has 5 heteroatoms. The van der Waals surface area contributed by atoms with Crippen molar-refractivity contribution in [2.24, 2.45) is 0 Å². The third-order valence-corrected chi connectivity index (χ3v) is 4.62. The van der Waals surface area contributed by atoms with Crippen LogP contribution < -0.4 is 16.2 Å². The third-order valence-electron chi connectivity index (χ3n) is 4.62. The van der Waals surface area contributed by atoms with Crippen molar-refractivity contribution in [1.82, 2.24) is 20.8 Å². The van der Waals surface area contributed by atoms with Gasteiger partial charge in [0.15, 0.2) is 5.82 Å². The van der Waals surface area contributed by atoms with Crippen molar-refractivity contribution in [1.29, 1.82) is 0 Å². The van der Waals surface area contributed by atoms with E-state index in [9.17, 15) is 0 Å². The summed E-state index contributed by atoms with van der Waals surface area (Å²) in [4.78, 5) is 9.70. The van der Waals surface area contributed by atoms with Crippen LogP contribution >= 0.6 is 0 Å². The molecule has 1 aromatic heterocycles. The Bertz CT molecular complexity index is 685. The standard InChI is InChI=1S/C18H23N5/c1-12-11-16(23-22-12)20-18-14-9-5-6-10-15(14)19-17(21-18)13-7-3-2-4-8-13/h2-4,7-8,12,16,22-23H,5-6,9-11H2,1H3,(H,19,20,21). The average Bonchev–Trinajstić information content (AvgIpc) is 3.00. The Kier molecular flexibility index (Phi) is 3.97. The highest BCUT2D eigenvalue weighted by Crippen LogP contribution is 2.29. The molecule has 1 saturated heterocycles. The van der Waals surface area contributed by atoms with Crippen LogP contribution in [0.15, 0.2) is 30.3 Å².